The van der Waals surface area contributed by atoms with Crippen LogP contribution in [-0.4, -0.2) is 40.3 Å². The fourth-order valence-electron chi connectivity index (χ4n) is 4.27. The van der Waals surface area contributed by atoms with Gasteiger partial charge >= 0.3 is 6.09 Å². The van der Waals surface area contributed by atoms with Crippen LogP contribution in [-0.2, 0) is 6.54 Å². The summed E-state index contributed by atoms with van der Waals surface area (Å²) in [7, 11) is 0. The van der Waals surface area contributed by atoms with Gasteiger partial charge in [0.1, 0.15) is 11.6 Å². The molecule has 9 heteroatoms. The number of benzene rings is 1. The Morgan fingerprint density at radius 2 is 1.91 bits per heavy atom. The number of amides is 1. The summed E-state index contributed by atoms with van der Waals surface area (Å²) in [5, 5.41) is 15.0. The van der Waals surface area contributed by atoms with Crippen molar-refractivity contribution in [1.29, 1.82) is 0 Å². The second-order valence-electron chi connectivity index (χ2n) is 8.25. The Morgan fingerprint density at radius 3 is 2.67 bits per heavy atom. The van der Waals surface area contributed by atoms with E-state index in [0.717, 1.165) is 24.3 Å². The van der Waals surface area contributed by atoms with Crippen molar-refractivity contribution >= 4 is 17.5 Å². The molecule has 1 amide bonds. The van der Waals surface area contributed by atoms with Gasteiger partial charge in [-0.2, -0.15) is 0 Å². The second kappa shape index (κ2) is 9.81. The molecule has 0 bridgehead atoms. The number of pyridine rings is 2. The van der Waals surface area contributed by atoms with Crippen LogP contribution in [0.15, 0.2) is 54.9 Å². The average molecular weight is 453 g/mol. The van der Waals surface area contributed by atoms with Crippen molar-refractivity contribution in [2.45, 2.75) is 25.9 Å². The van der Waals surface area contributed by atoms with E-state index in [1.165, 1.54) is 18.2 Å². The molecule has 3 aromatic rings. The Hall–Kier alpha value is -3.75. The molecule has 1 aliphatic rings. The highest BCUT2D eigenvalue weighted by Crippen LogP contribution is 2.30. The summed E-state index contributed by atoms with van der Waals surface area (Å²) in [4.78, 5) is 21.9. The zero-order chi connectivity index (χ0) is 23.4. The van der Waals surface area contributed by atoms with E-state index in [9.17, 15) is 13.6 Å². The van der Waals surface area contributed by atoms with Crippen LogP contribution in [0.4, 0.5) is 25.0 Å². The minimum Gasteiger partial charge on any atom is -0.465 e. The van der Waals surface area contributed by atoms with E-state index in [0.29, 0.717) is 24.7 Å². The summed E-state index contributed by atoms with van der Waals surface area (Å²) in [5.41, 5.74) is 2.36. The van der Waals surface area contributed by atoms with Crippen molar-refractivity contribution in [1.82, 2.24) is 15.3 Å². The highest BCUT2D eigenvalue weighted by atomic mass is 19.1. The maximum atomic E-state index is 14.2. The van der Waals surface area contributed by atoms with Crippen LogP contribution in [0.1, 0.15) is 19.0 Å². The van der Waals surface area contributed by atoms with Crippen molar-refractivity contribution in [3.05, 3.63) is 72.2 Å². The largest absolute Gasteiger partial charge is 0.465 e. The molecule has 2 atom stereocenters. The summed E-state index contributed by atoms with van der Waals surface area (Å²) < 4.78 is 28.3. The first kappa shape index (κ1) is 22.4. The number of hydrogen-bond donors (Lipinski definition) is 3. The predicted molar refractivity (Wildman–Crippen MR) is 122 cm³/mol. The van der Waals surface area contributed by atoms with Crippen LogP contribution in [0.3, 0.4) is 0 Å². The molecule has 0 radical (unpaired) electrons. The minimum absolute atomic E-state index is 0.152. The number of anilines is 2. The number of halogens is 2. The van der Waals surface area contributed by atoms with Crippen LogP contribution in [0.5, 0.6) is 0 Å². The Kier molecular flexibility index (Phi) is 6.67. The molecule has 1 fully saturated rings. The monoisotopic (exact) mass is 453 g/mol. The van der Waals surface area contributed by atoms with Gasteiger partial charge in [0.15, 0.2) is 0 Å². The number of carboxylic acid groups (broad SMARTS) is 1. The summed E-state index contributed by atoms with van der Waals surface area (Å²) in [6.45, 7) is 3.75. The predicted octanol–water partition coefficient (Wildman–Crippen LogP) is 4.52. The van der Waals surface area contributed by atoms with E-state index in [1.54, 1.807) is 30.6 Å². The van der Waals surface area contributed by atoms with Gasteiger partial charge in [-0.3, -0.25) is 9.97 Å². The lowest BCUT2D eigenvalue weighted by Crippen LogP contribution is -2.50. The lowest BCUT2D eigenvalue weighted by atomic mass is 9.95. The Morgan fingerprint density at radius 1 is 1.15 bits per heavy atom. The van der Waals surface area contributed by atoms with Gasteiger partial charge in [0.05, 0.1) is 41.1 Å². The van der Waals surface area contributed by atoms with Gasteiger partial charge in [0.2, 0.25) is 0 Å². The van der Waals surface area contributed by atoms with Crippen LogP contribution >= 0.6 is 0 Å². The zero-order valence-corrected chi connectivity index (χ0v) is 18.1. The molecule has 4 rings (SSSR count). The van der Waals surface area contributed by atoms with E-state index >= 15 is 0 Å². The second-order valence-corrected chi connectivity index (χ2v) is 8.25. The third-order valence-corrected chi connectivity index (χ3v) is 5.61. The van der Waals surface area contributed by atoms with E-state index in [-0.39, 0.29) is 17.3 Å². The molecule has 2 aromatic heterocycles. The van der Waals surface area contributed by atoms with E-state index in [1.807, 2.05) is 6.07 Å². The fraction of sp³-hybridized carbons (Fsp3) is 0.292. The van der Waals surface area contributed by atoms with E-state index < -0.39 is 17.7 Å². The van der Waals surface area contributed by atoms with Gasteiger partial charge in [0, 0.05) is 25.3 Å². The molecule has 1 aromatic carbocycles. The normalized spacial score (nSPS) is 18.1. The molecule has 0 saturated carbocycles. The van der Waals surface area contributed by atoms with Crippen LogP contribution < -0.4 is 15.5 Å². The first-order valence-corrected chi connectivity index (χ1v) is 10.7. The molecule has 0 aliphatic carbocycles. The van der Waals surface area contributed by atoms with Crippen molar-refractivity contribution in [2.24, 2.45) is 5.92 Å². The van der Waals surface area contributed by atoms with Gasteiger partial charge in [-0.25, -0.2) is 13.6 Å². The third kappa shape index (κ3) is 5.36. The number of nitrogens with zero attached hydrogens (tertiary/aromatic N) is 3. The molecule has 33 heavy (non-hydrogen) atoms. The molecular weight excluding hydrogens is 428 g/mol. The van der Waals surface area contributed by atoms with Crippen molar-refractivity contribution in [3.63, 3.8) is 0 Å². The topological polar surface area (TPSA) is 90.4 Å². The molecule has 0 unspecified atom stereocenters. The van der Waals surface area contributed by atoms with Crippen LogP contribution in [0, 0.1) is 17.6 Å². The molecule has 1 aliphatic heterocycles. The molecule has 3 heterocycles. The van der Waals surface area contributed by atoms with E-state index in [2.05, 4.69) is 32.4 Å². The van der Waals surface area contributed by atoms with E-state index in [4.69, 9.17) is 5.11 Å². The summed E-state index contributed by atoms with van der Waals surface area (Å²) in [5.74, 6) is -1.01. The molecule has 0 spiro atoms. The lowest BCUT2D eigenvalue weighted by Gasteiger charge is -2.38. The number of rotatable bonds is 6. The van der Waals surface area contributed by atoms with Crippen molar-refractivity contribution < 1.29 is 18.7 Å². The number of hydrogen-bond acceptors (Lipinski definition) is 5. The first-order chi connectivity index (χ1) is 15.9. The zero-order valence-electron chi connectivity index (χ0n) is 18.1. The maximum Gasteiger partial charge on any atom is 0.404 e. The highest BCUT2D eigenvalue weighted by Gasteiger charge is 2.27. The maximum absolute atomic E-state index is 14.2. The van der Waals surface area contributed by atoms with Gasteiger partial charge < -0.3 is 20.6 Å². The Balaban J connectivity index is 1.52. The van der Waals surface area contributed by atoms with Crippen LogP contribution in [0.25, 0.3) is 11.3 Å². The van der Waals surface area contributed by atoms with Crippen molar-refractivity contribution in [2.75, 3.05) is 23.3 Å². The van der Waals surface area contributed by atoms with Crippen molar-refractivity contribution in [3.8, 4) is 11.3 Å². The van der Waals surface area contributed by atoms with Gasteiger partial charge in [-0.05, 0) is 42.7 Å². The number of piperidine rings is 1. The minimum atomic E-state index is -1.03. The molecule has 7 nitrogen and oxygen atoms in total. The quantitative estimate of drug-likeness (QED) is 0.509. The molecule has 1 saturated heterocycles. The summed E-state index contributed by atoms with van der Waals surface area (Å²) in [6.07, 6.45) is 3.15. The fourth-order valence-corrected chi connectivity index (χ4v) is 4.27. The average Bonchev–Trinajstić information content (AvgIpc) is 2.77. The number of aromatic nitrogens is 2. The smallest absolute Gasteiger partial charge is 0.404 e. The third-order valence-electron chi connectivity index (χ3n) is 5.61. The highest BCUT2D eigenvalue weighted by molar-refractivity contribution is 5.70. The van der Waals surface area contributed by atoms with Gasteiger partial charge in [-0.1, -0.05) is 19.1 Å². The number of carbonyl (C=O) groups is 1. The Bertz CT molecular complexity index is 1120. The van der Waals surface area contributed by atoms with Crippen LogP contribution in [0.2, 0.25) is 0 Å². The van der Waals surface area contributed by atoms with Gasteiger partial charge in [-0.15, -0.1) is 0 Å². The van der Waals surface area contributed by atoms with Gasteiger partial charge in [0.25, 0.3) is 0 Å². The molecule has 3 N–H and O–H groups in total. The standard InChI is InChI=1S/C24H25F2N5O2/c1-15-10-17(30-24(32)33)14-31(13-15)22-8-9-27-12-21(22)28-11-16-4-2-7-20(29-16)23-18(25)5-3-6-19(23)26/h2-9,12,15,17,28,30H,10-11,13-14H2,1H3,(H,32,33)/t15-,17+/m1/s1. The molecule has 172 valence electrons. The SMILES string of the molecule is C[C@@H]1C[C@H](NC(=O)O)CN(c2ccncc2NCc2cccc(-c3c(F)cccc3F)n2)C1. The summed E-state index contributed by atoms with van der Waals surface area (Å²) >= 11 is 0. The Labute approximate surface area is 190 Å². The number of nitrogens with one attached hydrogen (secondary N) is 2. The lowest BCUT2D eigenvalue weighted by molar-refractivity contribution is 0.186. The summed E-state index contributed by atoms with van der Waals surface area (Å²) in [6, 6.07) is 10.5. The molecular formula is C24H25F2N5O2. The first-order valence-electron chi connectivity index (χ1n) is 10.7.